The minimum atomic E-state index is -4.38. The lowest BCUT2D eigenvalue weighted by Gasteiger charge is -2.12. The first-order valence-electron chi connectivity index (χ1n) is 7.69. The van der Waals surface area contributed by atoms with Crippen molar-refractivity contribution < 1.29 is 17.9 Å². The zero-order valence-electron chi connectivity index (χ0n) is 14.4. The number of aliphatic imine (C=N–C) groups is 1. The van der Waals surface area contributed by atoms with Crippen LogP contribution in [0.2, 0.25) is 5.02 Å². The standard InChI is InChI=1S/C17H18ClF3N4O.HI/c1-22-16(24-8-12-2-5-14(18)6-3-12)25-10-13-4-7-15(23-9-13)26-11-17(19,20)21;/h2-7,9H,8,10-11H2,1H3,(H2,22,24,25);1H. The van der Waals surface area contributed by atoms with Crippen LogP contribution >= 0.6 is 35.6 Å². The molecule has 1 aromatic heterocycles. The smallest absolute Gasteiger partial charge is 0.422 e. The first kappa shape index (κ1) is 23.3. The van der Waals surface area contributed by atoms with Gasteiger partial charge in [-0.25, -0.2) is 4.98 Å². The van der Waals surface area contributed by atoms with Crippen LogP contribution in [0, 0.1) is 0 Å². The summed E-state index contributed by atoms with van der Waals surface area (Å²) in [5, 5.41) is 6.92. The molecule has 0 radical (unpaired) electrons. The Hall–Kier alpha value is -1.75. The normalized spacial score (nSPS) is 11.5. The van der Waals surface area contributed by atoms with E-state index in [1.54, 1.807) is 13.1 Å². The number of hydrogen-bond acceptors (Lipinski definition) is 3. The van der Waals surface area contributed by atoms with Crippen LogP contribution in [0.25, 0.3) is 0 Å². The highest BCUT2D eigenvalue weighted by atomic mass is 127. The molecule has 5 nitrogen and oxygen atoms in total. The van der Waals surface area contributed by atoms with E-state index < -0.39 is 12.8 Å². The molecule has 27 heavy (non-hydrogen) atoms. The molecule has 0 saturated heterocycles. The number of nitrogens with zero attached hydrogens (tertiary/aromatic N) is 2. The molecule has 0 saturated carbocycles. The summed E-state index contributed by atoms with van der Waals surface area (Å²) in [5.74, 6) is 0.508. The Bertz CT molecular complexity index is 724. The first-order valence-corrected chi connectivity index (χ1v) is 8.07. The van der Waals surface area contributed by atoms with Crippen molar-refractivity contribution in [1.82, 2.24) is 15.6 Å². The Morgan fingerprint density at radius 1 is 1.07 bits per heavy atom. The number of rotatable bonds is 6. The van der Waals surface area contributed by atoms with Gasteiger partial charge in [0.2, 0.25) is 5.88 Å². The highest BCUT2D eigenvalue weighted by Gasteiger charge is 2.28. The highest BCUT2D eigenvalue weighted by molar-refractivity contribution is 14.0. The van der Waals surface area contributed by atoms with Crippen LogP contribution in [0.4, 0.5) is 13.2 Å². The lowest BCUT2D eigenvalue weighted by Crippen LogP contribution is -2.36. The molecule has 10 heteroatoms. The molecule has 148 valence electrons. The number of hydrogen-bond donors (Lipinski definition) is 2. The lowest BCUT2D eigenvalue weighted by atomic mass is 10.2. The Morgan fingerprint density at radius 2 is 1.67 bits per heavy atom. The van der Waals surface area contributed by atoms with Crippen molar-refractivity contribution in [1.29, 1.82) is 0 Å². The molecule has 0 unspecified atom stereocenters. The van der Waals surface area contributed by atoms with Crippen LogP contribution < -0.4 is 15.4 Å². The summed E-state index contributed by atoms with van der Waals surface area (Å²) in [6.45, 7) is -0.384. The molecule has 1 aromatic carbocycles. The molecule has 2 rings (SSSR count). The van der Waals surface area contributed by atoms with Gasteiger partial charge in [0.1, 0.15) is 0 Å². The Labute approximate surface area is 177 Å². The molecule has 2 aromatic rings. The van der Waals surface area contributed by atoms with Crippen molar-refractivity contribution in [2.45, 2.75) is 19.3 Å². The zero-order chi connectivity index (χ0) is 19.0. The van der Waals surface area contributed by atoms with Gasteiger partial charge in [-0.15, -0.1) is 24.0 Å². The van der Waals surface area contributed by atoms with Crippen LogP contribution in [-0.2, 0) is 13.1 Å². The fourth-order valence-electron chi connectivity index (χ4n) is 1.95. The fourth-order valence-corrected chi connectivity index (χ4v) is 2.08. The summed E-state index contributed by atoms with van der Waals surface area (Å²) < 4.78 is 40.9. The van der Waals surface area contributed by atoms with Gasteiger partial charge in [0.05, 0.1) is 0 Å². The number of pyridine rings is 1. The highest BCUT2D eigenvalue weighted by Crippen LogP contribution is 2.17. The predicted octanol–water partition coefficient (Wildman–Crippen LogP) is 4.16. The molecule has 0 aliphatic heterocycles. The lowest BCUT2D eigenvalue weighted by molar-refractivity contribution is -0.154. The summed E-state index contributed by atoms with van der Waals surface area (Å²) in [4.78, 5) is 7.96. The topological polar surface area (TPSA) is 58.5 Å². The summed E-state index contributed by atoms with van der Waals surface area (Å²) in [7, 11) is 1.64. The fraction of sp³-hybridized carbons (Fsp3) is 0.294. The molecule has 0 atom stereocenters. The van der Waals surface area contributed by atoms with Crippen LogP contribution in [-0.4, -0.2) is 30.8 Å². The molecule has 0 aliphatic rings. The molecule has 1 heterocycles. The molecule has 0 amide bonds. The number of ether oxygens (including phenoxy) is 1. The molecular weight excluding hydrogens is 496 g/mol. The number of aromatic nitrogens is 1. The zero-order valence-corrected chi connectivity index (χ0v) is 17.5. The van der Waals surface area contributed by atoms with Gasteiger partial charge >= 0.3 is 6.18 Å². The van der Waals surface area contributed by atoms with E-state index in [0.29, 0.717) is 24.1 Å². The van der Waals surface area contributed by atoms with Crippen molar-refractivity contribution >= 4 is 41.5 Å². The third-order valence-electron chi connectivity index (χ3n) is 3.24. The van der Waals surface area contributed by atoms with Gasteiger partial charge in [0.15, 0.2) is 12.6 Å². The van der Waals surface area contributed by atoms with Crippen LogP contribution in [0.5, 0.6) is 5.88 Å². The van der Waals surface area contributed by atoms with E-state index in [1.165, 1.54) is 12.3 Å². The van der Waals surface area contributed by atoms with Crippen LogP contribution in [0.1, 0.15) is 11.1 Å². The molecule has 0 aliphatic carbocycles. The second-order valence-electron chi connectivity index (χ2n) is 5.31. The molecular formula is C17H19ClF3IN4O. The van der Waals surface area contributed by atoms with E-state index >= 15 is 0 Å². The Kier molecular flexibility index (Phi) is 9.64. The van der Waals surface area contributed by atoms with Gasteiger partial charge in [-0.05, 0) is 23.3 Å². The predicted molar refractivity (Wildman–Crippen MR) is 110 cm³/mol. The summed E-state index contributed by atoms with van der Waals surface area (Å²) in [6.07, 6.45) is -2.94. The Balaban J connectivity index is 0.00000364. The number of nitrogens with one attached hydrogen (secondary N) is 2. The summed E-state index contributed by atoms with van der Waals surface area (Å²) >= 11 is 5.85. The maximum Gasteiger partial charge on any atom is 0.422 e. The SMILES string of the molecule is CN=C(NCc1ccc(Cl)cc1)NCc1ccc(OCC(F)(F)F)nc1.I. The average Bonchev–Trinajstić information content (AvgIpc) is 2.62. The van der Waals surface area contributed by atoms with Gasteiger partial charge in [0.25, 0.3) is 0 Å². The van der Waals surface area contributed by atoms with Gasteiger partial charge < -0.3 is 15.4 Å². The van der Waals surface area contributed by atoms with Crippen molar-refractivity contribution in [3.63, 3.8) is 0 Å². The van der Waals surface area contributed by atoms with Gasteiger partial charge in [0, 0.05) is 37.4 Å². The van der Waals surface area contributed by atoms with Crippen LogP contribution in [0.3, 0.4) is 0 Å². The van der Waals surface area contributed by atoms with Gasteiger partial charge in [-0.3, -0.25) is 4.99 Å². The number of alkyl halides is 3. The first-order chi connectivity index (χ1) is 12.4. The monoisotopic (exact) mass is 514 g/mol. The quantitative estimate of drug-likeness (QED) is 0.345. The third kappa shape index (κ3) is 9.14. The maximum absolute atomic E-state index is 12.1. The second-order valence-corrected chi connectivity index (χ2v) is 5.75. The molecule has 0 spiro atoms. The van der Waals surface area contributed by atoms with Crippen molar-refractivity contribution in [3.05, 3.63) is 58.7 Å². The van der Waals surface area contributed by atoms with E-state index in [1.807, 2.05) is 24.3 Å². The maximum atomic E-state index is 12.1. The van der Waals surface area contributed by atoms with E-state index in [4.69, 9.17) is 11.6 Å². The molecule has 0 bridgehead atoms. The molecule has 2 N–H and O–H groups in total. The minimum absolute atomic E-state index is 0. The second kappa shape index (κ2) is 11.2. The van der Waals surface area contributed by atoms with Crippen molar-refractivity contribution in [2.75, 3.05) is 13.7 Å². The molecule has 0 fully saturated rings. The van der Waals surface area contributed by atoms with E-state index in [2.05, 4.69) is 25.3 Å². The van der Waals surface area contributed by atoms with E-state index in [-0.39, 0.29) is 29.9 Å². The Morgan fingerprint density at radius 3 is 2.19 bits per heavy atom. The van der Waals surface area contributed by atoms with Gasteiger partial charge in [-0.2, -0.15) is 13.2 Å². The van der Waals surface area contributed by atoms with Crippen LogP contribution in [0.15, 0.2) is 47.6 Å². The number of halogens is 5. The number of benzene rings is 1. The largest absolute Gasteiger partial charge is 0.468 e. The summed E-state index contributed by atoms with van der Waals surface area (Å²) in [5.41, 5.74) is 1.82. The third-order valence-corrected chi connectivity index (χ3v) is 3.49. The van der Waals surface area contributed by atoms with Gasteiger partial charge in [-0.1, -0.05) is 29.8 Å². The number of guanidine groups is 1. The average molecular weight is 515 g/mol. The van der Waals surface area contributed by atoms with Crippen molar-refractivity contribution in [2.24, 2.45) is 4.99 Å². The summed E-state index contributed by atoms with van der Waals surface area (Å²) in [6, 6.07) is 10.5. The van der Waals surface area contributed by atoms with E-state index in [9.17, 15) is 13.2 Å². The minimum Gasteiger partial charge on any atom is -0.468 e. The van der Waals surface area contributed by atoms with Crippen molar-refractivity contribution in [3.8, 4) is 5.88 Å². The van der Waals surface area contributed by atoms with E-state index in [0.717, 1.165) is 11.1 Å².